The predicted molar refractivity (Wildman–Crippen MR) is 92.0 cm³/mol. The van der Waals surface area contributed by atoms with E-state index >= 15 is 0 Å². The highest BCUT2D eigenvalue weighted by atomic mass is 19.1. The molecule has 0 saturated carbocycles. The molecule has 4 rings (SSSR count). The van der Waals surface area contributed by atoms with Crippen LogP contribution in [0.1, 0.15) is 0 Å². The Kier molecular flexibility index (Phi) is 3.57. The molecule has 0 spiro atoms. The number of hydrogen-bond acceptors (Lipinski definition) is 4. The lowest BCUT2D eigenvalue weighted by Gasteiger charge is -2.04. The smallest absolute Gasteiger partial charge is 0.222 e. The number of phenolic OH excluding ortho intramolecular Hbond substituents is 1. The number of aromatic hydroxyl groups is 1. The molecule has 4 aromatic rings. The molecule has 0 aliphatic heterocycles. The quantitative estimate of drug-likeness (QED) is 0.616. The third-order valence-electron chi connectivity index (χ3n) is 3.98. The highest BCUT2D eigenvalue weighted by Crippen LogP contribution is 2.37. The lowest BCUT2D eigenvalue weighted by atomic mass is 10.1. The standard InChI is InChI=1S/C19H14FN3O2/c1-25-19-12(6-5-10-21-19)17-14-8-2-3-11-23(14)18(22-17)16-13(20)7-4-9-15(16)24/h2-11,24H,1H3. The van der Waals surface area contributed by atoms with Crippen molar-refractivity contribution in [2.24, 2.45) is 0 Å². The number of rotatable bonds is 3. The van der Waals surface area contributed by atoms with E-state index in [0.717, 1.165) is 5.52 Å². The average molecular weight is 335 g/mol. The Morgan fingerprint density at radius 3 is 2.76 bits per heavy atom. The minimum Gasteiger partial charge on any atom is -0.507 e. The van der Waals surface area contributed by atoms with Crippen molar-refractivity contribution >= 4 is 5.52 Å². The van der Waals surface area contributed by atoms with Crippen LogP contribution in [-0.4, -0.2) is 26.6 Å². The molecule has 0 aliphatic rings. The van der Waals surface area contributed by atoms with Crippen LogP contribution in [0, 0.1) is 5.82 Å². The number of aromatic nitrogens is 3. The van der Waals surface area contributed by atoms with Gasteiger partial charge in [-0.25, -0.2) is 14.4 Å². The molecular weight excluding hydrogens is 321 g/mol. The summed E-state index contributed by atoms with van der Waals surface area (Å²) in [5.41, 5.74) is 2.10. The molecule has 6 heteroatoms. The lowest BCUT2D eigenvalue weighted by molar-refractivity contribution is 0.399. The van der Waals surface area contributed by atoms with Crippen molar-refractivity contribution in [3.05, 3.63) is 66.7 Å². The Balaban J connectivity index is 2.06. The average Bonchev–Trinajstić information content (AvgIpc) is 3.01. The van der Waals surface area contributed by atoms with Gasteiger partial charge in [-0.2, -0.15) is 0 Å². The molecule has 0 atom stereocenters. The topological polar surface area (TPSA) is 59.7 Å². The monoisotopic (exact) mass is 335 g/mol. The Labute approximate surface area is 143 Å². The maximum absolute atomic E-state index is 14.4. The third-order valence-corrected chi connectivity index (χ3v) is 3.98. The van der Waals surface area contributed by atoms with Crippen molar-refractivity contribution in [2.45, 2.75) is 0 Å². The summed E-state index contributed by atoms with van der Waals surface area (Å²) in [6, 6.07) is 13.4. The lowest BCUT2D eigenvalue weighted by Crippen LogP contribution is -1.92. The van der Waals surface area contributed by atoms with Crippen LogP contribution in [0.2, 0.25) is 0 Å². The molecule has 0 bridgehead atoms. The maximum Gasteiger partial charge on any atom is 0.222 e. The van der Waals surface area contributed by atoms with E-state index in [1.165, 1.54) is 25.3 Å². The van der Waals surface area contributed by atoms with Gasteiger partial charge in [0.1, 0.15) is 17.3 Å². The van der Waals surface area contributed by atoms with Gasteiger partial charge in [-0.05, 0) is 36.4 Å². The number of benzene rings is 1. The first-order chi connectivity index (χ1) is 12.2. The van der Waals surface area contributed by atoms with E-state index in [1.807, 2.05) is 24.3 Å². The Morgan fingerprint density at radius 2 is 1.96 bits per heavy atom. The summed E-state index contributed by atoms with van der Waals surface area (Å²) in [6.07, 6.45) is 3.40. The van der Waals surface area contributed by atoms with E-state index in [-0.39, 0.29) is 11.3 Å². The van der Waals surface area contributed by atoms with Gasteiger partial charge in [-0.3, -0.25) is 4.40 Å². The Hall–Kier alpha value is -3.41. The van der Waals surface area contributed by atoms with E-state index in [2.05, 4.69) is 9.97 Å². The summed E-state index contributed by atoms with van der Waals surface area (Å²) in [7, 11) is 1.54. The number of methoxy groups -OCH3 is 1. The van der Waals surface area contributed by atoms with Crippen LogP contribution >= 0.6 is 0 Å². The largest absolute Gasteiger partial charge is 0.507 e. The number of pyridine rings is 2. The van der Waals surface area contributed by atoms with Crippen LogP contribution in [0.25, 0.3) is 28.2 Å². The third kappa shape index (κ3) is 2.39. The number of ether oxygens (including phenoxy) is 1. The summed E-state index contributed by atoms with van der Waals surface area (Å²) in [5.74, 6) is 0.0312. The number of nitrogens with zero attached hydrogens (tertiary/aromatic N) is 3. The molecule has 0 fully saturated rings. The zero-order valence-electron chi connectivity index (χ0n) is 13.3. The first kappa shape index (κ1) is 15.1. The minimum absolute atomic E-state index is 0.0535. The first-order valence-electron chi connectivity index (χ1n) is 7.65. The number of fused-ring (bicyclic) bond motifs is 1. The van der Waals surface area contributed by atoms with Crippen molar-refractivity contribution in [1.82, 2.24) is 14.4 Å². The molecule has 3 aromatic heterocycles. The highest BCUT2D eigenvalue weighted by Gasteiger charge is 2.21. The normalized spacial score (nSPS) is 11.0. The fraction of sp³-hybridized carbons (Fsp3) is 0.0526. The van der Waals surface area contributed by atoms with Crippen molar-refractivity contribution in [3.8, 4) is 34.3 Å². The molecule has 25 heavy (non-hydrogen) atoms. The molecule has 1 aromatic carbocycles. The van der Waals surface area contributed by atoms with E-state index in [0.29, 0.717) is 23.0 Å². The van der Waals surface area contributed by atoms with Gasteiger partial charge in [0.15, 0.2) is 5.82 Å². The molecule has 0 radical (unpaired) electrons. The summed E-state index contributed by atoms with van der Waals surface area (Å²) >= 11 is 0. The van der Waals surface area contributed by atoms with Crippen LogP contribution in [0.4, 0.5) is 4.39 Å². The number of hydrogen-bond donors (Lipinski definition) is 1. The summed E-state index contributed by atoms with van der Waals surface area (Å²) in [4.78, 5) is 8.81. The van der Waals surface area contributed by atoms with E-state index < -0.39 is 5.82 Å². The SMILES string of the molecule is COc1ncccc1-c1nc(-c2c(O)cccc2F)n2ccccc12. The molecule has 124 valence electrons. The highest BCUT2D eigenvalue weighted by molar-refractivity contribution is 5.84. The van der Waals surface area contributed by atoms with Gasteiger partial charge in [-0.15, -0.1) is 0 Å². The summed E-state index contributed by atoms with van der Waals surface area (Å²) < 4.78 is 21.4. The second-order valence-corrected chi connectivity index (χ2v) is 5.43. The van der Waals surface area contributed by atoms with Gasteiger partial charge >= 0.3 is 0 Å². The van der Waals surface area contributed by atoms with Crippen LogP contribution < -0.4 is 4.74 Å². The summed E-state index contributed by atoms with van der Waals surface area (Å²) in [5, 5.41) is 10.2. The van der Waals surface area contributed by atoms with E-state index in [4.69, 9.17) is 4.74 Å². The second-order valence-electron chi connectivity index (χ2n) is 5.43. The van der Waals surface area contributed by atoms with E-state index in [1.54, 1.807) is 22.9 Å². The van der Waals surface area contributed by atoms with Gasteiger partial charge in [-0.1, -0.05) is 12.1 Å². The van der Waals surface area contributed by atoms with Crippen LogP contribution in [-0.2, 0) is 0 Å². The van der Waals surface area contributed by atoms with Crippen molar-refractivity contribution < 1.29 is 14.2 Å². The number of phenols is 1. The molecule has 0 aliphatic carbocycles. The fourth-order valence-corrected chi connectivity index (χ4v) is 2.88. The predicted octanol–water partition coefficient (Wildman–Crippen LogP) is 3.92. The van der Waals surface area contributed by atoms with Crippen LogP contribution in [0.5, 0.6) is 11.6 Å². The molecule has 3 heterocycles. The maximum atomic E-state index is 14.4. The molecule has 0 unspecified atom stereocenters. The molecule has 0 amide bonds. The van der Waals surface area contributed by atoms with Gasteiger partial charge in [0, 0.05) is 12.4 Å². The van der Waals surface area contributed by atoms with Gasteiger partial charge < -0.3 is 9.84 Å². The summed E-state index contributed by atoms with van der Waals surface area (Å²) in [6.45, 7) is 0. The van der Waals surface area contributed by atoms with Crippen molar-refractivity contribution in [2.75, 3.05) is 7.11 Å². The number of halogens is 1. The van der Waals surface area contributed by atoms with Crippen molar-refractivity contribution in [1.29, 1.82) is 0 Å². The molecule has 5 nitrogen and oxygen atoms in total. The minimum atomic E-state index is -0.541. The fourth-order valence-electron chi connectivity index (χ4n) is 2.88. The van der Waals surface area contributed by atoms with E-state index in [9.17, 15) is 9.50 Å². The molecule has 1 N–H and O–H groups in total. The van der Waals surface area contributed by atoms with Crippen LogP contribution in [0.15, 0.2) is 60.9 Å². The molecule has 0 saturated heterocycles. The van der Waals surface area contributed by atoms with Crippen molar-refractivity contribution in [3.63, 3.8) is 0 Å². The van der Waals surface area contributed by atoms with Gasteiger partial charge in [0.25, 0.3) is 0 Å². The molecular formula is C19H14FN3O2. The zero-order valence-corrected chi connectivity index (χ0v) is 13.3. The zero-order chi connectivity index (χ0) is 17.4. The van der Waals surface area contributed by atoms with Crippen LogP contribution in [0.3, 0.4) is 0 Å². The number of imidazole rings is 1. The van der Waals surface area contributed by atoms with Gasteiger partial charge in [0.2, 0.25) is 5.88 Å². The second kappa shape index (κ2) is 5.90. The Bertz CT molecular complexity index is 1060. The Morgan fingerprint density at radius 1 is 1.08 bits per heavy atom. The van der Waals surface area contributed by atoms with Gasteiger partial charge in [0.05, 0.1) is 23.8 Å². The first-order valence-corrected chi connectivity index (χ1v) is 7.65.